The third-order valence-electron chi connectivity index (χ3n) is 4.24. The van der Waals surface area contributed by atoms with Crippen molar-refractivity contribution >= 4 is 21.7 Å². The second-order valence-electron chi connectivity index (χ2n) is 6.39. The maximum Gasteiger partial charge on any atom is 0.335 e. The molecule has 0 spiro atoms. The van der Waals surface area contributed by atoms with Gasteiger partial charge in [-0.25, -0.2) is 22.0 Å². The average molecular weight is 417 g/mol. The lowest BCUT2D eigenvalue weighted by molar-refractivity contribution is 0.0696. The number of aryl methyl sites for hydroxylation is 2. The molecule has 0 fully saturated rings. The first kappa shape index (κ1) is 20.5. The number of carboxylic acids is 1. The van der Waals surface area contributed by atoms with Gasteiger partial charge in [0.2, 0.25) is 0 Å². The summed E-state index contributed by atoms with van der Waals surface area (Å²) in [7, 11) is -4.22. The van der Waals surface area contributed by atoms with Crippen LogP contribution < -0.4 is 4.72 Å². The number of nitrogens with one attached hydrogen (secondary N) is 1. The quantitative estimate of drug-likeness (QED) is 0.602. The first-order valence-corrected chi connectivity index (χ1v) is 10.1. The van der Waals surface area contributed by atoms with Gasteiger partial charge in [-0.1, -0.05) is 24.3 Å². The van der Waals surface area contributed by atoms with Gasteiger partial charge in [-0.3, -0.25) is 4.72 Å². The molecule has 3 rings (SSSR count). The van der Waals surface area contributed by atoms with Crippen LogP contribution >= 0.6 is 0 Å². The largest absolute Gasteiger partial charge is 0.478 e. The van der Waals surface area contributed by atoms with Crippen molar-refractivity contribution in [2.45, 2.75) is 17.7 Å². The molecule has 0 heterocycles. The van der Waals surface area contributed by atoms with Crippen molar-refractivity contribution in [2.75, 3.05) is 4.72 Å². The van der Waals surface area contributed by atoms with Crippen molar-refractivity contribution in [1.82, 2.24) is 0 Å². The highest BCUT2D eigenvalue weighted by molar-refractivity contribution is 7.92. The Morgan fingerprint density at radius 2 is 1.55 bits per heavy atom. The number of carboxylic acid groups (broad SMARTS) is 1. The minimum absolute atomic E-state index is 0.199. The Labute approximate surface area is 166 Å². The van der Waals surface area contributed by atoms with Crippen LogP contribution in [0, 0.1) is 11.6 Å². The molecule has 0 unspecified atom stereocenters. The van der Waals surface area contributed by atoms with Gasteiger partial charge in [0.25, 0.3) is 10.0 Å². The zero-order valence-electron chi connectivity index (χ0n) is 15.1. The van der Waals surface area contributed by atoms with Gasteiger partial charge in [0.1, 0.15) is 16.5 Å². The standard InChI is InChI=1S/C21H17F2NO4S/c22-17-9-10-20(19(23)13-17)29(27,28)24-18-6-2-4-15(12-18)8-7-14-3-1-5-16(11-14)21(25)26/h1-6,9-13,24H,7-8H2,(H,25,26). The number of sulfonamides is 1. The number of hydrogen-bond donors (Lipinski definition) is 2. The Morgan fingerprint density at radius 3 is 2.21 bits per heavy atom. The maximum atomic E-state index is 13.8. The van der Waals surface area contributed by atoms with Crippen molar-refractivity contribution in [2.24, 2.45) is 0 Å². The van der Waals surface area contributed by atoms with E-state index in [1.54, 1.807) is 30.3 Å². The Kier molecular flexibility index (Phi) is 5.93. The molecule has 0 saturated carbocycles. The Bertz CT molecular complexity index is 1160. The molecule has 0 aliphatic rings. The van der Waals surface area contributed by atoms with Crippen molar-refractivity contribution < 1.29 is 27.1 Å². The predicted octanol–water partition coefficient (Wildman–Crippen LogP) is 4.25. The highest BCUT2D eigenvalue weighted by atomic mass is 32.2. The molecule has 0 bridgehead atoms. The van der Waals surface area contributed by atoms with Gasteiger partial charge < -0.3 is 5.11 Å². The number of benzene rings is 3. The minimum Gasteiger partial charge on any atom is -0.478 e. The Balaban J connectivity index is 1.74. The number of hydrogen-bond acceptors (Lipinski definition) is 3. The molecule has 0 aliphatic heterocycles. The van der Waals surface area contributed by atoms with E-state index in [1.165, 1.54) is 12.1 Å². The number of carbonyl (C=O) groups is 1. The molecule has 3 aromatic carbocycles. The van der Waals surface area contributed by atoms with Crippen LogP contribution in [0.5, 0.6) is 0 Å². The van der Waals surface area contributed by atoms with E-state index in [0.29, 0.717) is 18.9 Å². The average Bonchev–Trinajstić information content (AvgIpc) is 2.66. The lowest BCUT2D eigenvalue weighted by Gasteiger charge is -2.10. The molecule has 29 heavy (non-hydrogen) atoms. The molecule has 2 N–H and O–H groups in total. The van der Waals surface area contributed by atoms with Gasteiger partial charge in [-0.2, -0.15) is 0 Å². The number of anilines is 1. The predicted molar refractivity (Wildman–Crippen MR) is 104 cm³/mol. The van der Waals surface area contributed by atoms with Crippen LogP contribution in [0.4, 0.5) is 14.5 Å². The third kappa shape index (κ3) is 5.17. The van der Waals surface area contributed by atoms with Crippen molar-refractivity contribution in [3.8, 4) is 0 Å². The molecule has 0 radical (unpaired) electrons. The molecule has 0 saturated heterocycles. The fourth-order valence-corrected chi connectivity index (χ4v) is 3.95. The van der Waals surface area contributed by atoms with Crippen LogP contribution in [0.25, 0.3) is 0 Å². The molecule has 0 amide bonds. The second-order valence-corrected chi connectivity index (χ2v) is 8.04. The highest BCUT2D eigenvalue weighted by Gasteiger charge is 2.19. The van der Waals surface area contributed by atoms with Crippen LogP contribution in [-0.2, 0) is 22.9 Å². The van der Waals surface area contributed by atoms with E-state index in [2.05, 4.69) is 4.72 Å². The topological polar surface area (TPSA) is 83.5 Å². The fourth-order valence-electron chi connectivity index (χ4n) is 2.84. The number of halogens is 2. The molecule has 8 heteroatoms. The number of aromatic carboxylic acids is 1. The fraction of sp³-hybridized carbons (Fsp3) is 0.0952. The Hall–Kier alpha value is -3.26. The molecule has 0 atom stereocenters. The van der Waals surface area contributed by atoms with Crippen LogP contribution in [0.2, 0.25) is 0 Å². The van der Waals surface area contributed by atoms with E-state index < -0.39 is 32.5 Å². The summed E-state index contributed by atoms with van der Waals surface area (Å²) < 4.78 is 53.9. The maximum absolute atomic E-state index is 13.8. The van der Waals surface area contributed by atoms with Crippen molar-refractivity contribution in [1.29, 1.82) is 0 Å². The molecular weight excluding hydrogens is 400 g/mol. The lowest BCUT2D eigenvalue weighted by Crippen LogP contribution is -2.15. The summed E-state index contributed by atoms with van der Waals surface area (Å²) in [6.07, 6.45) is 1.10. The van der Waals surface area contributed by atoms with Gasteiger partial charge in [-0.05, 0) is 60.4 Å². The zero-order chi connectivity index (χ0) is 21.0. The lowest BCUT2D eigenvalue weighted by atomic mass is 10.0. The molecule has 3 aromatic rings. The smallest absolute Gasteiger partial charge is 0.335 e. The summed E-state index contributed by atoms with van der Waals surface area (Å²) in [4.78, 5) is 10.4. The van der Waals surface area contributed by atoms with E-state index in [4.69, 9.17) is 5.11 Å². The summed E-state index contributed by atoms with van der Waals surface area (Å²) >= 11 is 0. The summed E-state index contributed by atoms with van der Waals surface area (Å²) in [5.41, 5.74) is 2.09. The van der Waals surface area contributed by atoms with Crippen LogP contribution in [-0.4, -0.2) is 19.5 Å². The van der Waals surface area contributed by atoms with E-state index in [9.17, 15) is 22.0 Å². The van der Waals surface area contributed by atoms with Gasteiger partial charge in [0.05, 0.1) is 5.56 Å². The SMILES string of the molecule is O=C(O)c1cccc(CCc2cccc(NS(=O)(=O)c3ccc(F)cc3F)c2)c1. The van der Waals surface area contributed by atoms with Crippen molar-refractivity contribution in [3.05, 3.63) is 95.1 Å². The van der Waals surface area contributed by atoms with Gasteiger partial charge in [0, 0.05) is 11.8 Å². The molecule has 0 aromatic heterocycles. The highest BCUT2D eigenvalue weighted by Crippen LogP contribution is 2.21. The zero-order valence-corrected chi connectivity index (χ0v) is 15.9. The Morgan fingerprint density at radius 1 is 0.897 bits per heavy atom. The van der Waals surface area contributed by atoms with E-state index >= 15 is 0 Å². The molecule has 5 nitrogen and oxygen atoms in total. The second kappa shape index (κ2) is 8.40. The van der Waals surface area contributed by atoms with E-state index in [-0.39, 0.29) is 11.3 Å². The molecular formula is C21H17F2NO4S. The first-order chi connectivity index (χ1) is 13.7. The molecule has 0 aliphatic carbocycles. The minimum atomic E-state index is -4.22. The third-order valence-corrected chi connectivity index (χ3v) is 5.65. The first-order valence-electron chi connectivity index (χ1n) is 8.64. The van der Waals surface area contributed by atoms with Crippen LogP contribution in [0.3, 0.4) is 0 Å². The van der Waals surface area contributed by atoms with Gasteiger partial charge in [0.15, 0.2) is 0 Å². The molecule has 150 valence electrons. The summed E-state index contributed by atoms with van der Waals surface area (Å²) in [6.45, 7) is 0. The monoisotopic (exact) mass is 417 g/mol. The van der Waals surface area contributed by atoms with Crippen molar-refractivity contribution in [3.63, 3.8) is 0 Å². The summed E-state index contributed by atoms with van der Waals surface area (Å²) in [6, 6.07) is 15.4. The van der Waals surface area contributed by atoms with E-state index in [0.717, 1.165) is 23.3 Å². The summed E-state index contributed by atoms with van der Waals surface area (Å²) in [5, 5.41) is 9.06. The van der Waals surface area contributed by atoms with Gasteiger partial charge in [-0.15, -0.1) is 0 Å². The summed E-state index contributed by atoms with van der Waals surface area (Å²) in [5.74, 6) is -3.04. The van der Waals surface area contributed by atoms with Crippen LogP contribution in [0.15, 0.2) is 71.6 Å². The normalized spacial score (nSPS) is 11.2. The number of rotatable bonds is 7. The van der Waals surface area contributed by atoms with E-state index in [1.807, 2.05) is 6.07 Å². The van der Waals surface area contributed by atoms with Gasteiger partial charge >= 0.3 is 5.97 Å². The van der Waals surface area contributed by atoms with Crippen LogP contribution in [0.1, 0.15) is 21.5 Å².